The van der Waals surface area contributed by atoms with Crippen molar-refractivity contribution in [1.29, 1.82) is 0 Å². The van der Waals surface area contributed by atoms with E-state index >= 15 is 0 Å². The highest BCUT2D eigenvalue weighted by atomic mass is 35.5. The largest absolute Gasteiger partial charge is 0.481 e. The lowest BCUT2D eigenvalue weighted by Crippen LogP contribution is -2.10. The van der Waals surface area contributed by atoms with Gasteiger partial charge in [-0.05, 0) is 25.1 Å². The maximum absolute atomic E-state index is 13.1. The zero-order valence-electron chi connectivity index (χ0n) is 14.7. The Kier molecular flexibility index (Phi) is 4.69. The molecule has 0 bridgehead atoms. The summed E-state index contributed by atoms with van der Waals surface area (Å²) >= 11 is 6.22. The third-order valence-electron chi connectivity index (χ3n) is 4.40. The number of fused-ring (bicyclic) bond motifs is 1. The van der Waals surface area contributed by atoms with Crippen molar-refractivity contribution in [3.8, 4) is 17.1 Å². The SMILES string of the molecule is Cc1ccc(-c2oc3ccccc3c(=O)c2OCc2ccccc2Cl)cc1. The molecule has 0 amide bonds. The van der Waals surface area contributed by atoms with Gasteiger partial charge < -0.3 is 9.15 Å². The first-order valence-electron chi connectivity index (χ1n) is 8.62. The molecule has 0 atom stereocenters. The molecule has 0 fully saturated rings. The van der Waals surface area contributed by atoms with E-state index in [0.29, 0.717) is 21.8 Å². The summed E-state index contributed by atoms with van der Waals surface area (Å²) in [6, 6.07) is 22.4. The van der Waals surface area contributed by atoms with Crippen molar-refractivity contribution in [3.63, 3.8) is 0 Å². The molecule has 0 radical (unpaired) electrons. The first-order valence-corrected chi connectivity index (χ1v) is 9.00. The minimum Gasteiger partial charge on any atom is -0.481 e. The molecule has 0 saturated carbocycles. The minimum atomic E-state index is -0.195. The molecule has 3 aromatic carbocycles. The smallest absolute Gasteiger partial charge is 0.235 e. The molecule has 3 nitrogen and oxygen atoms in total. The summed E-state index contributed by atoms with van der Waals surface area (Å²) in [6.45, 7) is 2.19. The van der Waals surface area contributed by atoms with E-state index in [2.05, 4.69) is 0 Å². The normalized spacial score (nSPS) is 10.9. The highest BCUT2D eigenvalue weighted by Crippen LogP contribution is 2.32. The number of aryl methyl sites for hydroxylation is 1. The average Bonchev–Trinajstić information content (AvgIpc) is 2.69. The number of hydrogen-bond donors (Lipinski definition) is 0. The summed E-state index contributed by atoms with van der Waals surface area (Å²) in [5.74, 6) is 0.614. The van der Waals surface area contributed by atoms with Gasteiger partial charge in [-0.2, -0.15) is 0 Å². The van der Waals surface area contributed by atoms with Crippen LogP contribution in [0.1, 0.15) is 11.1 Å². The molecular formula is C23H17ClO3. The monoisotopic (exact) mass is 376 g/mol. The second-order valence-corrected chi connectivity index (χ2v) is 6.74. The van der Waals surface area contributed by atoms with Gasteiger partial charge in [-0.3, -0.25) is 4.79 Å². The highest BCUT2D eigenvalue weighted by molar-refractivity contribution is 6.31. The quantitative estimate of drug-likeness (QED) is 0.438. The third-order valence-corrected chi connectivity index (χ3v) is 4.77. The molecule has 4 heteroatoms. The lowest BCUT2D eigenvalue weighted by Gasteiger charge is -2.12. The number of hydrogen-bond acceptors (Lipinski definition) is 3. The van der Waals surface area contributed by atoms with Crippen LogP contribution in [0.3, 0.4) is 0 Å². The first kappa shape index (κ1) is 17.4. The topological polar surface area (TPSA) is 39.4 Å². The van der Waals surface area contributed by atoms with Gasteiger partial charge in [0.1, 0.15) is 12.2 Å². The second kappa shape index (κ2) is 7.29. The van der Waals surface area contributed by atoms with Crippen LogP contribution in [0.25, 0.3) is 22.3 Å². The molecule has 4 aromatic rings. The van der Waals surface area contributed by atoms with Crippen LogP contribution in [0.4, 0.5) is 0 Å². The van der Waals surface area contributed by atoms with Crippen LogP contribution in [-0.2, 0) is 6.61 Å². The Morgan fingerprint density at radius 1 is 0.926 bits per heavy atom. The summed E-state index contributed by atoms with van der Waals surface area (Å²) < 4.78 is 12.0. The number of halogens is 1. The Morgan fingerprint density at radius 2 is 1.63 bits per heavy atom. The number of rotatable bonds is 4. The number of ether oxygens (including phenoxy) is 1. The first-order chi connectivity index (χ1) is 13.1. The van der Waals surface area contributed by atoms with E-state index < -0.39 is 0 Å². The lowest BCUT2D eigenvalue weighted by molar-refractivity contribution is 0.298. The molecule has 1 heterocycles. The van der Waals surface area contributed by atoms with Gasteiger partial charge in [-0.15, -0.1) is 0 Å². The Balaban J connectivity index is 1.85. The van der Waals surface area contributed by atoms with Gasteiger partial charge >= 0.3 is 0 Å². The molecule has 0 aliphatic heterocycles. The summed E-state index contributed by atoms with van der Waals surface area (Å²) in [5.41, 5.74) is 3.06. The van der Waals surface area contributed by atoms with Gasteiger partial charge in [0.25, 0.3) is 0 Å². The van der Waals surface area contributed by atoms with Crippen molar-refractivity contribution in [2.45, 2.75) is 13.5 Å². The predicted octanol–water partition coefficient (Wildman–Crippen LogP) is 6.00. The molecule has 0 N–H and O–H groups in total. The van der Waals surface area contributed by atoms with E-state index in [9.17, 15) is 4.79 Å². The zero-order chi connectivity index (χ0) is 18.8. The molecule has 0 spiro atoms. The van der Waals surface area contributed by atoms with E-state index in [1.165, 1.54) is 0 Å². The molecule has 134 valence electrons. The van der Waals surface area contributed by atoms with Crippen LogP contribution < -0.4 is 10.2 Å². The Bertz CT molecular complexity index is 1160. The van der Waals surface area contributed by atoms with E-state index in [4.69, 9.17) is 20.8 Å². The molecule has 0 unspecified atom stereocenters. The lowest BCUT2D eigenvalue weighted by atomic mass is 10.1. The maximum atomic E-state index is 13.1. The van der Waals surface area contributed by atoms with E-state index in [1.807, 2.05) is 61.5 Å². The fraction of sp³-hybridized carbons (Fsp3) is 0.0870. The standard InChI is InChI=1S/C23H17ClO3/c1-15-10-12-16(13-11-15)22-23(26-14-17-6-2-4-8-19(17)24)21(25)18-7-3-5-9-20(18)27-22/h2-13H,14H2,1H3. The van der Waals surface area contributed by atoms with Crippen molar-refractivity contribution in [2.24, 2.45) is 0 Å². The zero-order valence-corrected chi connectivity index (χ0v) is 15.5. The average molecular weight is 377 g/mol. The third kappa shape index (κ3) is 3.46. The van der Waals surface area contributed by atoms with Gasteiger partial charge in [0.15, 0.2) is 5.76 Å². The predicted molar refractivity (Wildman–Crippen MR) is 108 cm³/mol. The molecule has 1 aromatic heterocycles. The van der Waals surface area contributed by atoms with Gasteiger partial charge in [0.05, 0.1) is 5.39 Å². The molecule has 0 aliphatic rings. The molecule has 4 rings (SSSR count). The fourth-order valence-corrected chi connectivity index (χ4v) is 3.11. The van der Waals surface area contributed by atoms with Crippen LogP contribution in [-0.4, -0.2) is 0 Å². The van der Waals surface area contributed by atoms with E-state index in [1.54, 1.807) is 18.2 Å². The maximum Gasteiger partial charge on any atom is 0.235 e. The van der Waals surface area contributed by atoms with Crippen LogP contribution in [0.15, 0.2) is 82.0 Å². The Morgan fingerprint density at radius 3 is 2.41 bits per heavy atom. The summed E-state index contributed by atoms with van der Waals surface area (Å²) in [5, 5.41) is 1.09. The van der Waals surface area contributed by atoms with Crippen molar-refractivity contribution < 1.29 is 9.15 Å². The van der Waals surface area contributed by atoms with Gasteiger partial charge in [-0.1, -0.05) is 71.8 Å². The molecule has 27 heavy (non-hydrogen) atoms. The Labute approximate surface area is 161 Å². The van der Waals surface area contributed by atoms with E-state index in [0.717, 1.165) is 16.7 Å². The molecule has 0 aliphatic carbocycles. The molecule has 0 saturated heterocycles. The van der Waals surface area contributed by atoms with Crippen molar-refractivity contribution >= 4 is 22.6 Å². The number of para-hydroxylation sites is 1. The van der Waals surface area contributed by atoms with Crippen molar-refractivity contribution in [3.05, 3.63) is 99.2 Å². The van der Waals surface area contributed by atoms with Gasteiger partial charge in [0.2, 0.25) is 11.2 Å². The van der Waals surface area contributed by atoms with Crippen molar-refractivity contribution in [2.75, 3.05) is 0 Å². The minimum absolute atomic E-state index is 0.182. The summed E-state index contributed by atoms with van der Waals surface area (Å²) in [7, 11) is 0. The van der Waals surface area contributed by atoms with Crippen LogP contribution in [0.5, 0.6) is 5.75 Å². The van der Waals surface area contributed by atoms with Crippen LogP contribution in [0.2, 0.25) is 5.02 Å². The fourth-order valence-electron chi connectivity index (χ4n) is 2.92. The van der Waals surface area contributed by atoms with Crippen LogP contribution in [0, 0.1) is 6.92 Å². The van der Waals surface area contributed by atoms with E-state index in [-0.39, 0.29) is 17.8 Å². The second-order valence-electron chi connectivity index (χ2n) is 6.33. The highest BCUT2D eigenvalue weighted by Gasteiger charge is 2.18. The summed E-state index contributed by atoms with van der Waals surface area (Å²) in [4.78, 5) is 13.1. The summed E-state index contributed by atoms with van der Waals surface area (Å²) in [6.07, 6.45) is 0. The van der Waals surface area contributed by atoms with Crippen LogP contribution >= 0.6 is 11.6 Å². The number of benzene rings is 3. The van der Waals surface area contributed by atoms with Crippen molar-refractivity contribution in [1.82, 2.24) is 0 Å². The van der Waals surface area contributed by atoms with Gasteiger partial charge in [-0.25, -0.2) is 0 Å². The molecular weight excluding hydrogens is 360 g/mol. The van der Waals surface area contributed by atoms with Gasteiger partial charge in [0, 0.05) is 16.1 Å². The Hall–Kier alpha value is -3.04.